The van der Waals surface area contributed by atoms with Crippen LogP contribution >= 0.6 is 0 Å². The Morgan fingerprint density at radius 2 is 1.90 bits per heavy atom. The number of halogens is 3. The summed E-state index contributed by atoms with van der Waals surface area (Å²) in [5.74, 6) is -0.977. The van der Waals surface area contributed by atoms with Gasteiger partial charge in [-0.1, -0.05) is 24.6 Å². The summed E-state index contributed by atoms with van der Waals surface area (Å²) in [4.78, 5) is 5.12. The van der Waals surface area contributed by atoms with E-state index in [-0.39, 0.29) is 5.95 Å². The Labute approximate surface area is 121 Å². The second-order valence-electron chi connectivity index (χ2n) is 5.03. The molecule has 0 fully saturated rings. The lowest BCUT2D eigenvalue weighted by Crippen LogP contribution is -2.16. The summed E-state index contributed by atoms with van der Waals surface area (Å²) in [6.07, 6.45) is -3.86. The summed E-state index contributed by atoms with van der Waals surface area (Å²) in [5.41, 5.74) is 2.60. The third-order valence-electron chi connectivity index (χ3n) is 3.09. The van der Waals surface area contributed by atoms with E-state index in [9.17, 15) is 13.2 Å². The molecule has 2 aromatic rings. The number of anilines is 1. The molecule has 0 N–H and O–H groups in total. The van der Waals surface area contributed by atoms with Crippen LogP contribution in [0.1, 0.15) is 23.9 Å². The lowest BCUT2D eigenvalue weighted by Gasteiger charge is -2.15. The molecule has 2 rings (SSSR count). The van der Waals surface area contributed by atoms with Crippen LogP contribution in [0.25, 0.3) is 5.69 Å². The minimum absolute atomic E-state index is 0.154. The fourth-order valence-corrected chi connectivity index (χ4v) is 2.08. The van der Waals surface area contributed by atoms with E-state index in [0.717, 1.165) is 11.1 Å². The van der Waals surface area contributed by atoms with Crippen molar-refractivity contribution >= 4 is 5.95 Å². The summed E-state index contributed by atoms with van der Waals surface area (Å²) in [7, 11) is 3.28. The van der Waals surface area contributed by atoms with Gasteiger partial charge in [-0.2, -0.15) is 22.8 Å². The average molecular weight is 298 g/mol. The molecule has 0 radical (unpaired) electrons. The summed E-state index contributed by atoms with van der Waals surface area (Å²) in [6.45, 7) is 3.90. The predicted octanol–water partition coefficient (Wildman–Crippen LogP) is 3.22. The van der Waals surface area contributed by atoms with Crippen molar-refractivity contribution in [3.8, 4) is 5.69 Å². The number of nitrogens with zero attached hydrogens (tertiary/aromatic N) is 4. The summed E-state index contributed by atoms with van der Waals surface area (Å²) in [6, 6.07) is 5.57. The van der Waals surface area contributed by atoms with E-state index >= 15 is 0 Å². The maximum absolute atomic E-state index is 12.9. The first-order chi connectivity index (χ1) is 9.74. The Bertz CT molecular complexity index is 644. The van der Waals surface area contributed by atoms with Crippen molar-refractivity contribution in [2.24, 2.45) is 0 Å². The zero-order valence-corrected chi connectivity index (χ0v) is 12.4. The molecule has 4 nitrogen and oxygen atoms in total. The van der Waals surface area contributed by atoms with Gasteiger partial charge in [0.15, 0.2) is 0 Å². The molecule has 0 aliphatic carbocycles. The Morgan fingerprint density at radius 1 is 1.24 bits per heavy atom. The second kappa shape index (κ2) is 5.38. The zero-order chi connectivity index (χ0) is 15.8. The van der Waals surface area contributed by atoms with Crippen molar-refractivity contribution in [1.29, 1.82) is 0 Å². The summed E-state index contributed by atoms with van der Waals surface area (Å²) < 4.78 is 39.8. The van der Waals surface area contributed by atoms with E-state index in [0.29, 0.717) is 12.1 Å². The van der Waals surface area contributed by atoms with Gasteiger partial charge in [0.1, 0.15) is 0 Å². The molecule has 1 aromatic carbocycles. The van der Waals surface area contributed by atoms with E-state index in [1.165, 1.54) is 9.58 Å². The van der Waals surface area contributed by atoms with Crippen LogP contribution in [-0.4, -0.2) is 28.9 Å². The quantitative estimate of drug-likeness (QED) is 0.872. The number of benzene rings is 1. The number of aryl methyl sites for hydroxylation is 2. The number of alkyl halides is 3. The number of hydrogen-bond acceptors (Lipinski definition) is 3. The van der Waals surface area contributed by atoms with Crippen molar-refractivity contribution in [3.63, 3.8) is 0 Å². The van der Waals surface area contributed by atoms with Crippen molar-refractivity contribution < 1.29 is 13.2 Å². The van der Waals surface area contributed by atoms with Gasteiger partial charge in [-0.25, -0.2) is 0 Å². The molecule has 21 heavy (non-hydrogen) atoms. The van der Waals surface area contributed by atoms with E-state index in [4.69, 9.17) is 0 Å². The highest BCUT2D eigenvalue weighted by atomic mass is 19.4. The predicted molar refractivity (Wildman–Crippen MR) is 74.8 cm³/mol. The molecule has 0 amide bonds. The Morgan fingerprint density at radius 3 is 2.43 bits per heavy atom. The van der Waals surface area contributed by atoms with Crippen molar-refractivity contribution in [3.05, 3.63) is 35.2 Å². The largest absolute Gasteiger partial charge is 0.453 e. The molecule has 0 aliphatic rings. The molecule has 0 aliphatic heterocycles. The van der Waals surface area contributed by atoms with E-state index in [2.05, 4.69) is 10.1 Å². The second-order valence-corrected chi connectivity index (χ2v) is 5.03. The Kier molecular flexibility index (Phi) is 3.93. The van der Waals surface area contributed by atoms with Crippen LogP contribution in [0, 0.1) is 6.92 Å². The molecule has 0 bridgehead atoms. The van der Waals surface area contributed by atoms with Gasteiger partial charge in [0.25, 0.3) is 5.82 Å². The number of aromatic nitrogens is 3. The van der Waals surface area contributed by atoms with Crippen molar-refractivity contribution in [2.75, 3.05) is 19.0 Å². The van der Waals surface area contributed by atoms with Crippen LogP contribution in [0.5, 0.6) is 0 Å². The van der Waals surface area contributed by atoms with E-state index in [1.807, 2.05) is 26.0 Å². The average Bonchev–Trinajstić information content (AvgIpc) is 2.83. The molecule has 0 unspecified atom stereocenters. The van der Waals surface area contributed by atoms with E-state index < -0.39 is 12.0 Å². The van der Waals surface area contributed by atoms with Crippen LogP contribution in [0.2, 0.25) is 0 Å². The lowest BCUT2D eigenvalue weighted by atomic mass is 10.1. The van der Waals surface area contributed by atoms with Crippen LogP contribution < -0.4 is 4.90 Å². The number of hydrogen-bond donors (Lipinski definition) is 0. The van der Waals surface area contributed by atoms with Gasteiger partial charge in [0.05, 0.1) is 5.69 Å². The molecule has 0 saturated carbocycles. The first kappa shape index (κ1) is 15.3. The fourth-order valence-electron chi connectivity index (χ4n) is 2.08. The highest BCUT2D eigenvalue weighted by Crippen LogP contribution is 2.30. The fraction of sp³-hybridized carbons (Fsp3) is 0.429. The van der Waals surface area contributed by atoms with Crippen LogP contribution in [0.3, 0.4) is 0 Å². The van der Waals surface area contributed by atoms with Gasteiger partial charge >= 0.3 is 6.18 Å². The lowest BCUT2D eigenvalue weighted by molar-refractivity contribution is -0.144. The molecule has 1 aromatic heterocycles. The minimum atomic E-state index is -4.56. The zero-order valence-electron chi connectivity index (χ0n) is 12.4. The van der Waals surface area contributed by atoms with Gasteiger partial charge in [0.2, 0.25) is 5.95 Å². The first-order valence-electron chi connectivity index (χ1n) is 6.55. The van der Waals surface area contributed by atoms with Crippen LogP contribution in [0.4, 0.5) is 19.1 Å². The smallest absolute Gasteiger partial charge is 0.347 e. The van der Waals surface area contributed by atoms with Crippen LogP contribution in [-0.2, 0) is 12.6 Å². The summed E-state index contributed by atoms with van der Waals surface area (Å²) in [5, 5.41) is 3.65. The standard InChI is InChI=1S/C14H17F3N4/c1-5-10-8-9(2)6-7-11(10)21-13(20(3)4)18-12(19-21)14(15,16)17/h6-8H,5H2,1-4H3. The van der Waals surface area contributed by atoms with Gasteiger partial charge < -0.3 is 4.90 Å². The van der Waals surface area contributed by atoms with Gasteiger partial charge in [-0.05, 0) is 25.0 Å². The van der Waals surface area contributed by atoms with E-state index in [1.54, 1.807) is 20.2 Å². The van der Waals surface area contributed by atoms with Gasteiger partial charge in [0, 0.05) is 14.1 Å². The Hall–Kier alpha value is -2.05. The SMILES string of the molecule is CCc1cc(C)ccc1-n1nc(C(F)(F)F)nc1N(C)C. The topological polar surface area (TPSA) is 34.0 Å². The van der Waals surface area contributed by atoms with Crippen LogP contribution in [0.15, 0.2) is 18.2 Å². The molecule has 1 heterocycles. The summed E-state index contributed by atoms with van der Waals surface area (Å²) >= 11 is 0. The highest BCUT2D eigenvalue weighted by molar-refractivity contribution is 5.48. The van der Waals surface area contributed by atoms with Gasteiger partial charge in [-0.15, -0.1) is 5.10 Å². The normalized spacial score (nSPS) is 11.8. The van der Waals surface area contributed by atoms with Crippen molar-refractivity contribution in [2.45, 2.75) is 26.4 Å². The molecule has 0 spiro atoms. The molecule has 0 saturated heterocycles. The monoisotopic (exact) mass is 298 g/mol. The van der Waals surface area contributed by atoms with Gasteiger partial charge in [-0.3, -0.25) is 0 Å². The minimum Gasteiger partial charge on any atom is -0.347 e. The molecule has 0 atom stereocenters. The molecular formula is C14H17F3N4. The molecular weight excluding hydrogens is 281 g/mol. The highest BCUT2D eigenvalue weighted by Gasteiger charge is 2.37. The molecule has 114 valence electrons. The third kappa shape index (κ3) is 3.01. The van der Waals surface area contributed by atoms with Crippen molar-refractivity contribution in [1.82, 2.24) is 14.8 Å². The Balaban J connectivity index is 2.65. The molecule has 7 heteroatoms. The maximum atomic E-state index is 12.9. The first-order valence-corrected chi connectivity index (χ1v) is 6.55. The maximum Gasteiger partial charge on any atom is 0.453 e. The third-order valence-corrected chi connectivity index (χ3v) is 3.09. The number of rotatable bonds is 3.